The molecule has 1 heterocycles. The minimum atomic E-state index is -0.803. The Hall–Kier alpha value is -2.99. The topological polar surface area (TPSA) is 80.0 Å². The fourth-order valence-electron chi connectivity index (χ4n) is 2.61. The average molecular weight is 336 g/mol. The summed E-state index contributed by atoms with van der Waals surface area (Å²) in [4.78, 5) is 16.1. The van der Waals surface area contributed by atoms with Crippen LogP contribution < -0.4 is 5.32 Å². The summed E-state index contributed by atoms with van der Waals surface area (Å²) in [5, 5.41) is 17.1. The zero-order valence-corrected chi connectivity index (χ0v) is 13.9. The molecule has 0 aliphatic heterocycles. The Labute approximate surface area is 146 Å². The highest BCUT2D eigenvalue weighted by atomic mass is 16.3. The van der Waals surface area contributed by atoms with Crippen molar-refractivity contribution in [2.24, 2.45) is 0 Å². The fraction of sp³-hybridized carbons (Fsp3) is 0.211. The highest BCUT2D eigenvalue weighted by Gasteiger charge is 2.15. The lowest BCUT2D eigenvalue weighted by Crippen LogP contribution is -2.28. The normalized spacial score (nSPS) is 13.2. The zero-order chi connectivity index (χ0) is 17.6. The summed E-state index contributed by atoms with van der Waals surface area (Å²) in [5.41, 5.74) is 2.62. The van der Waals surface area contributed by atoms with Crippen molar-refractivity contribution >= 4 is 5.91 Å². The molecule has 0 bridgehead atoms. The van der Waals surface area contributed by atoms with E-state index >= 15 is 0 Å². The van der Waals surface area contributed by atoms with Gasteiger partial charge in [0.15, 0.2) is 0 Å². The number of aromatic nitrogens is 3. The van der Waals surface area contributed by atoms with E-state index in [2.05, 4.69) is 15.4 Å². The summed E-state index contributed by atoms with van der Waals surface area (Å²) in [5.74, 6) is -0.191. The maximum atomic E-state index is 12.2. The lowest BCUT2D eigenvalue weighted by Gasteiger charge is -2.17. The molecular formula is C19H20N4O2. The largest absolute Gasteiger partial charge is 0.388 e. The smallest absolute Gasteiger partial charge is 0.223 e. The molecule has 3 aromatic rings. The van der Waals surface area contributed by atoms with Crippen LogP contribution in [0, 0.1) is 0 Å². The van der Waals surface area contributed by atoms with Gasteiger partial charge in [0.1, 0.15) is 12.7 Å². The minimum absolute atomic E-state index is 0.0331. The molecule has 3 rings (SSSR count). The third kappa shape index (κ3) is 4.30. The first-order valence-electron chi connectivity index (χ1n) is 8.11. The Morgan fingerprint density at radius 3 is 2.48 bits per heavy atom. The van der Waals surface area contributed by atoms with Gasteiger partial charge in [0.2, 0.25) is 5.91 Å². The summed E-state index contributed by atoms with van der Waals surface area (Å²) >= 11 is 0. The first-order valence-corrected chi connectivity index (χ1v) is 8.11. The van der Waals surface area contributed by atoms with Crippen molar-refractivity contribution in [3.63, 3.8) is 0 Å². The van der Waals surface area contributed by atoms with E-state index in [9.17, 15) is 9.90 Å². The molecule has 0 fully saturated rings. The Kier molecular flexibility index (Phi) is 5.20. The second-order valence-corrected chi connectivity index (χ2v) is 5.85. The zero-order valence-electron chi connectivity index (χ0n) is 13.9. The number of amides is 1. The number of aliphatic hydroxyl groups is 1. The van der Waals surface area contributed by atoms with E-state index in [1.54, 1.807) is 11.0 Å². The number of rotatable bonds is 6. The molecule has 2 atom stereocenters. The molecule has 2 aromatic carbocycles. The van der Waals surface area contributed by atoms with Crippen molar-refractivity contribution in [3.05, 3.63) is 78.4 Å². The van der Waals surface area contributed by atoms with Crippen molar-refractivity contribution in [2.75, 3.05) is 0 Å². The molecule has 0 spiro atoms. The first-order chi connectivity index (χ1) is 12.1. The summed E-state index contributed by atoms with van der Waals surface area (Å²) in [6, 6.07) is 16.8. The number of carbonyl (C=O) groups is 1. The molecule has 0 saturated heterocycles. The predicted octanol–water partition coefficient (Wildman–Crippen LogP) is 2.57. The molecular weight excluding hydrogens is 316 g/mol. The number of hydrogen-bond donors (Lipinski definition) is 2. The van der Waals surface area contributed by atoms with E-state index < -0.39 is 6.10 Å². The summed E-state index contributed by atoms with van der Waals surface area (Å²) in [6.07, 6.45) is 2.34. The van der Waals surface area contributed by atoms with Gasteiger partial charge >= 0.3 is 0 Å². The van der Waals surface area contributed by atoms with Gasteiger partial charge in [-0.15, -0.1) is 0 Å². The van der Waals surface area contributed by atoms with Crippen LogP contribution in [0.1, 0.15) is 36.6 Å². The van der Waals surface area contributed by atoms with Crippen molar-refractivity contribution in [2.45, 2.75) is 25.5 Å². The Balaban J connectivity index is 1.58. The van der Waals surface area contributed by atoms with Gasteiger partial charge in [0, 0.05) is 0 Å². The summed E-state index contributed by atoms with van der Waals surface area (Å²) < 4.78 is 1.67. The van der Waals surface area contributed by atoms with Gasteiger partial charge in [-0.3, -0.25) is 4.79 Å². The van der Waals surface area contributed by atoms with Gasteiger partial charge in [-0.25, -0.2) is 9.67 Å². The molecule has 6 heteroatoms. The van der Waals surface area contributed by atoms with Crippen molar-refractivity contribution in [3.8, 4) is 5.69 Å². The molecule has 2 N–H and O–H groups in total. The molecule has 6 nitrogen and oxygen atoms in total. The number of nitrogens with one attached hydrogen (secondary N) is 1. The third-order valence-electron chi connectivity index (χ3n) is 4.02. The number of aliphatic hydroxyl groups excluding tert-OH is 1. The van der Waals surface area contributed by atoms with Crippen molar-refractivity contribution in [1.82, 2.24) is 20.1 Å². The highest BCUT2D eigenvalue weighted by Crippen LogP contribution is 2.18. The Bertz CT molecular complexity index is 801. The van der Waals surface area contributed by atoms with Crippen LogP contribution in [0.2, 0.25) is 0 Å². The highest BCUT2D eigenvalue weighted by molar-refractivity contribution is 5.77. The molecule has 2 unspecified atom stereocenters. The molecule has 1 aromatic heterocycles. The molecule has 128 valence electrons. The number of hydrogen-bond acceptors (Lipinski definition) is 4. The second kappa shape index (κ2) is 7.72. The second-order valence-electron chi connectivity index (χ2n) is 5.85. The van der Waals surface area contributed by atoms with Gasteiger partial charge in [-0.05, 0) is 30.2 Å². The maximum Gasteiger partial charge on any atom is 0.223 e. The number of benzene rings is 2. The molecule has 0 aliphatic carbocycles. The molecule has 25 heavy (non-hydrogen) atoms. The average Bonchev–Trinajstić information content (AvgIpc) is 3.17. The fourth-order valence-corrected chi connectivity index (χ4v) is 2.61. The number of carbonyl (C=O) groups excluding carboxylic acids is 1. The van der Waals surface area contributed by atoms with E-state index in [1.807, 2.05) is 61.5 Å². The Morgan fingerprint density at radius 1 is 1.12 bits per heavy atom. The van der Waals surface area contributed by atoms with Crippen LogP contribution in [0.15, 0.2) is 67.3 Å². The third-order valence-corrected chi connectivity index (χ3v) is 4.02. The van der Waals surface area contributed by atoms with E-state index in [-0.39, 0.29) is 18.4 Å². The van der Waals surface area contributed by atoms with Gasteiger partial charge in [0.05, 0.1) is 24.3 Å². The van der Waals surface area contributed by atoms with E-state index in [4.69, 9.17) is 0 Å². The van der Waals surface area contributed by atoms with Gasteiger partial charge < -0.3 is 10.4 Å². The van der Waals surface area contributed by atoms with Crippen LogP contribution in [-0.2, 0) is 4.79 Å². The SMILES string of the molecule is CC(NC(=O)CC(O)c1ccccc1)c1ccc(-n2cncn2)cc1. The van der Waals surface area contributed by atoms with Gasteiger partial charge in [0.25, 0.3) is 0 Å². The lowest BCUT2D eigenvalue weighted by molar-refractivity contribution is -0.123. The van der Waals surface area contributed by atoms with E-state index in [0.29, 0.717) is 0 Å². The number of nitrogens with zero attached hydrogens (tertiary/aromatic N) is 3. The van der Waals surface area contributed by atoms with Crippen LogP contribution in [0.3, 0.4) is 0 Å². The van der Waals surface area contributed by atoms with Gasteiger partial charge in [-0.1, -0.05) is 42.5 Å². The van der Waals surface area contributed by atoms with Crippen LogP contribution >= 0.6 is 0 Å². The molecule has 1 amide bonds. The van der Waals surface area contributed by atoms with Gasteiger partial charge in [-0.2, -0.15) is 5.10 Å². The molecule has 0 saturated carbocycles. The van der Waals surface area contributed by atoms with Crippen LogP contribution in [-0.4, -0.2) is 25.8 Å². The first kappa shape index (κ1) is 16.9. The van der Waals surface area contributed by atoms with Crippen LogP contribution in [0.25, 0.3) is 5.69 Å². The van der Waals surface area contributed by atoms with Crippen LogP contribution in [0.5, 0.6) is 0 Å². The quantitative estimate of drug-likeness (QED) is 0.725. The van der Waals surface area contributed by atoms with E-state index in [0.717, 1.165) is 16.8 Å². The molecule has 0 radical (unpaired) electrons. The summed E-state index contributed by atoms with van der Waals surface area (Å²) in [7, 11) is 0. The van der Waals surface area contributed by atoms with Crippen molar-refractivity contribution in [1.29, 1.82) is 0 Å². The van der Waals surface area contributed by atoms with E-state index in [1.165, 1.54) is 6.33 Å². The lowest BCUT2D eigenvalue weighted by atomic mass is 10.0. The minimum Gasteiger partial charge on any atom is -0.388 e. The summed E-state index contributed by atoms with van der Waals surface area (Å²) in [6.45, 7) is 1.91. The standard InChI is InChI=1S/C19H20N4O2/c1-14(15-7-9-17(10-8-15)23-13-20-12-21-23)22-19(25)11-18(24)16-5-3-2-4-6-16/h2-10,12-14,18,24H,11H2,1H3,(H,22,25). The van der Waals surface area contributed by atoms with Crippen molar-refractivity contribution < 1.29 is 9.90 Å². The predicted molar refractivity (Wildman–Crippen MR) is 93.9 cm³/mol. The molecule has 0 aliphatic rings. The Morgan fingerprint density at radius 2 is 1.84 bits per heavy atom. The van der Waals surface area contributed by atoms with Crippen LogP contribution in [0.4, 0.5) is 0 Å². The monoisotopic (exact) mass is 336 g/mol. The maximum absolute atomic E-state index is 12.2.